The number of anilines is 1. The zero-order chi connectivity index (χ0) is 18.8. The molecule has 0 bridgehead atoms. The number of carbonyl (C=O) groups excluding carboxylic acids is 2. The van der Waals surface area contributed by atoms with Crippen molar-refractivity contribution >= 4 is 17.6 Å². The molecule has 3 rings (SSSR count). The number of aromatic nitrogens is 2. The SMILES string of the molecule is CNc1nc(C2CCCCN2C(=O)C(C)C)nc2c1CN(C(C)=O)CC2. The summed E-state index contributed by atoms with van der Waals surface area (Å²) in [6.45, 7) is 7.47. The average Bonchev–Trinajstić information content (AvgIpc) is 2.65. The molecule has 1 fully saturated rings. The molecule has 2 aliphatic rings. The molecule has 1 saturated heterocycles. The molecule has 1 aromatic heterocycles. The van der Waals surface area contributed by atoms with Crippen LogP contribution in [-0.4, -0.2) is 51.7 Å². The van der Waals surface area contributed by atoms with Crippen LogP contribution in [0.1, 0.15) is 63.2 Å². The molecule has 3 heterocycles. The molecular formula is C19H29N5O2. The Hall–Kier alpha value is -2.18. The minimum absolute atomic E-state index is 0.0267. The number of piperidine rings is 1. The molecule has 2 aliphatic heterocycles. The molecule has 0 saturated carbocycles. The van der Waals surface area contributed by atoms with E-state index in [1.54, 1.807) is 6.92 Å². The highest BCUT2D eigenvalue weighted by atomic mass is 16.2. The molecule has 26 heavy (non-hydrogen) atoms. The van der Waals surface area contributed by atoms with Gasteiger partial charge in [-0.3, -0.25) is 9.59 Å². The van der Waals surface area contributed by atoms with Crippen LogP contribution in [0.3, 0.4) is 0 Å². The summed E-state index contributed by atoms with van der Waals surface area (Å²) in [4.78, 5) is 37.8. The normalized spacial score (nSPS) is 20.1. The largest absolute Gasteiger partial charge is 0.373 e. The van der Waals surface area contributed by atoms with Gasteiger partial charge in [0.15, 0.2) is 5.82 Å². The lowest BCUT2D eigenvalue weighted by Gasteiger charge is -2.37. The summed E-state index contributed by atoms with van der Waals surface area (Å²) in [5.74, 6) is 1.73. The second-order valence-corrected chi connectivity index (χ2v) is 7.49. The van der Waals surface area contributed by atoms with Crippen LogP contribution in [0.2, 0.25) is 0 Å². The topological polar surface area (TPSA) is 78.4 Å². The smallest absolute Gasteiger partial charge is 0.225 e. The number of amides is 2. The van der Waals surface area contributed by atoms with E-state index in [1.807, 2.05) is 30.7 Å². The fraction of sp³-hybridized carbons (Fsp3) is 0.684. The first-order valence-corrected chi connectivity index (χ1v) is 9.55. The Bertz CT molecular complexity index is 686. The van der Waals surface area contributed by atoms with Crippen molar-refractivity contribution in [1.82, 2.24) is 19.8 Å². The molecule has 2 amide bonds. The van der Waals surface area contributed by atoms with Gasteiger partial charge in [-0.25, -0.2) is 9.97 Å². The summed E-state index contributed by atoms with van der Waals surface area (Å²) in [6, 6.07) is -0.0538. The molecule has 1 aromatic rings. The Labute approximate surface area is 155 Å². The van der Waals surface area contributed by atoms with Crippen LogP contribution in [0.25, 0.3) is 0 Å². The van der Waals surface area contributed by atoms with Gasteiger partial charge in [-0.05, 0) is 19.3 Å². The average molecular weight is 359 g/mol. The molecule has 7 heteroatoms. The molecule has 0 aliphatic carbocycles. The third-order valence-electron chi connectivity index (χ3n) is 5.34. The van der Waals surface area contributed by atoms with Crippen LogP contribution in [0, 0.1) is 5.92 Å². The lowest BCUT2D eigenvalue weighted by molar-refractivity contribution is -0.138. The molecule has 1 unspecified atom stereocenters. The molecule has 0 spiro atoms. The highest BCUT2D eigenvalue weighted by molar-refractivity contribution is 5.78. The Morgan fingerprint density at radius 1 is 1.19 bits per heavy atom. The van der Waals surface area contributed by atoms with Crippen LogP contribution in [-0.2, 0) is 22.6 Å². The van der Waals surface area contributed by atoms with E-state index in [0.717, 1.165) is 55.1 Å². The second kappa shape index (κ2) is 7.60. The first-order valence-electron chi connectivity index (χ1n) is 9.55. The highest BCUT2D eigenvalue weighted by Crippen LogP contribution is 2.33. The van der Waals surface area contributed by atoms with E-state index < -0.39 is 0 Å². The van der Waals surface area contributed by atoms with Crippen LogP contribution in [0.5, 0.6) is 0 Å². The monoisotopic (exact) mass is 359 g/mol. The van der Waals surface area contributed by atoms with Gasteiger partial charge < -0.3 is 15.1 Å². The zero-order valence-electron chi connectivity index (χ0n) is 16.2. The fourth-order valence-corrected chi connectivity index (χ4v) is 3.85. The van der Waals surface area contributed by atoms with Gasteiger partial charge in [0, 0.05) is 45.0 Å². The first-order chi connectivity index (χ1) is 12.4. The van der Waals surface area contributed by atoms with Gasteiger partial charge in [0.1, 0.15) is 5.82 Å². The zero-order valence-corrected chi connectivity index (χ0v) is 16.2. The van der Waals surface area contributed by atoms with Crippen molar-refractivity contribution in [2.24, 2.45) is 5.92 Å². The number of fused-ring (bicyclic) bond motifs is 1. The van der Waals surface area contributed by atoms with E-state index in [0.29, 0.717) is 13.1 Å². The van der Waals surface area contributed by atoms with E-state index in [1.165, 1.54) is 0 Å². The Balaban J connectivity index is 1.95. The second-order valence-electron chi connectivity index (χ2n) is 7.49. The predicted octanol–water partition coefficient (Wildman–Crippen LogP) is 2.13. The number of carbonyl (C=O) groups is 2. The Morgan fingerprint density at radius 2 is 1.96 bits per heavy atom. The molecule has 1 N–H and O–H groups in total. The maximum atomic E-state index is 12.7. The van der Waals surface area contributed by atoms with Crippen molar-refractivity contribution in [3.63, 3.8) is 0 Å². The van der Waals surface area contributed by atoms with Crippen LogP contribution in [0.15, 0.2) is 0 Å². The van der Waals surface area contributed by atoms with Crippen LogP contribution >= 0.6 is 0 Å². The van der Waals surface area contributed by atoms with Crippen LogP contribution in [0.4, 0.5) is 5.82 Å². The Kier molecular flexibility index (Phi) is 5.44. The highest BCUT2D eigenvalue weighted by Gasteiger charge is 2.33. The third kappa shape index (κ3) is 3.52. The Morgan fingerprint density at radius 3 is 2.62 bits per heavy atom. The molecule has 0 aromatic carbocycles. The van der Waals surface area contributed by atoms with Crippen molar-refractivity contribution in [2.75, 3.05) is 25.5 Å². The van der Waals surface area contributed by atoms with E-state index in [-0.39, 0.29) is 23.8 Å². The van der Waals surface area contributed by atoms with Gasteiger partial charge in [-0.1, -0.05) is 13.8 Å². The number of hydrogen-bond acceptors (Lipinski definition) is 5. The van der Waals surface area contributed by atoms with Crippen molar-refractivity contribution in [3.8, 4) is 0 Å². The minimum atomic E-state index is -0.0538. The number of rotatable bonds is 3. The number of nitrogens with one attached hydrogen (secondary N) is 1. The number of hydrogen-bond donors (Lipinski definition) is 1. The first kappa shape index (κ1) is 18.6. The van der Waals surface area contributed by atoms with E-state index in [4.69, 9.17) is 9.97 Å². The lowest BCUT2D eigenvalue weighted by atomic mass is 9.98. The summed E-state index contributed by atoms with van der Waals surface area (Å²) in [5, 5.41) is 3.17. The minimum Gasteiger partial charge on any atom is -0.373 e. The van der Waals surface area contributed by atoms with Gasteiger partial charge in [-0.2, -0.15) is 0 Å². The van der Waals surface area contributed by atoms with Crippen molar-refractivity contribution in [3.05, 3.63) is 17.1 Å². The van der Waals surface area contributed by atoms with Crippen molar-refractivity contribution in [1.29, 1.82) is 0 Å². The van der Waals surface area contributed by atoms with Gasteiger partial charge in [0.25, 0.3) is 0 Å². The summed E-state index contributed by atoms with van der Waals surface area (Å²) in [5.41, 5.74) is 2.00. The molecule has 142 valence electrons. The number of nitrogens with zero attached hydrogens (tertiary/aromatic N) is 4. The quantitative estimate of drug-likeness (QED) is 0.894. The predicted molar refractivity (Wildman–Crippen MR) is 99.5 cm³/mol. The van der Waals surface area contributed by atoms with Gasteiger partial charge in [0.05, 0.1) is 18.3 Å². The van der Waals surface area contributed by atoms with Gasteiger partial charge >= 0.3 is 0 Å². The maximum absolute atomic E-state index is 12.7. The van der Waals surface area contributed by atoms with E-state index >= 15 is 0 Å². The molecule has 0 radical (unpaired) electrons. The van der Waals surface area contributed by atoms with Crippen molar-refractivity contribution in [2.45, 2.75) is 59.0 Å². The standard InChI is InChI=1S/C19H29N5O2/c1-12(2)19(26)24-9-6-5-7-16(24)18-21-15-8-10-23(13(3)25)11-14(15)17(20-4)22-18/h12,16H,5-11H2,1-4H3,(H,20,21,22). The van der Waals surface area contributed by atoms with Crippen LogP contribution < -0.4 is 5.32 Å². The van der Waals surface area contributed by atoms with Gasteiger partial charge in [0.2, 0.25) is 11.8 Å². The summed E-state index contributed by atoms with van der Waals surface area (Å²) in [6.07, 6.45) is 3.75. The molecule has 7 nitrogen and oxygen atoms in total. The number of likely N-dealkylation sites (tertiary alicyclic amines) is 1. The van der Waals surface area contributed by atoms with Gasteiger partial charge in [-0.15, -0.1) is 0 Å². The van der Waals surface area contributed by atoms with E-state index in [9.17, 15) is 9.59 Å². The summed E-state index contributed by atoms with van der Waals surface area (Å²) >= 11 is 0. The molecule has 1 atom stereocenters. The summed E-state index contributed by atoms with van der Waals surface area (Å²) in [7, 11) is 1.84. The lowest BCUT2D eigenvalue weighted by Crippen LogP contribution is -2.42. The van der Waals surface area contributed by atoms with Crippen molar-refractivity contribution < 1.29 is 9.59 Å². The summed E-state index contributed by atoms with van der Waals surface area (Å²) < 4.78 is 0. The van der Waals surface area contributed by atoms with E-state index in [2.05, 4.69) is 5.32 Å². The third-order valence-corrected chi connectivity index (χ3v) is 5.34. The fourth-order valence-electron chi connectivity index (χ4n) is 3.85. The maximum Gasteiger partial charge on any atom is 0.225 e. The molecular weight excluding hydrogens is 330 g/mol.